The van der Waals surface area contributed by atoms with Gasteiger partial charge in [0.2, 0.25) is 0 Å². The van der Waals surface area contributed by atoms with E-state index in [1.165, 1.54) is 0 Å². The molecule has 0 fully saturated rings. The van der Waals surface area contributed by atoms with Crippen LogP contribution in [0.25, 0.3) is 10.9 Å². The van der Waals surface area contributed by atoms with Gasteiger partial charge in [0, 0.05) is 11.1 Å². The van der Waals surface area contributed by atoms with Gasteiger partial charge in [-0.15, -0.1) is 0 Å². The van der Waals surface area contributed by atoms with Crippen LogP contribution in [-0.4, -0.2) is 12.1 Å². The first-order valence-electron chi connectivity index (χ1n) is 4.53. The highest BCUT2D eigenvalue weighted by molar-refractivity contribution is 6.35. The van der Waals surface area contributed by atoms with Gasteiger partial charge < -0.3 is 10.5 Å². The summed E-state index contributed by atoms with van der Waals surface area (Å²) in [5.41, 5.74) is 7.98. The van der Waals surface area contributed by atoms with E-state index in [0.29, 0.717) is 22.0 Å². The Kier molecular flexibility index (Phi) is 2.40. The molecule has 0 amide bonds. The molecule has 2 aromatic rings. The third kappa shape index (κ3) is 1.59. The molecule has 2 N–H and O–H groups in total. The van der Waals surface area contributed by atoms with Crippen molar-refractivity contribution in [2.75, 3.05) is 12.8 Å². The van der Waals surface area contributed by atoms with Gasteiger partial charge in [0.05, 0.1) is 17.6 Å². The fourth-order valence-electron chi connectivity index (χ4n) is 1.55. The van der Waals surface area contributed by atoms with Crippen molar-refractivity contribution in [3.05, 3.63) is 28.9 Å². The Morgan fingerprint density at radius 2 is 2.13 bits per heavy atom. The number of nitrogen functional groups attached to an aromatic ring is 1. The number of nitrogens with two attached hydrogens (primary N) is 1. The average molecular weight is 223 g/mol. The second-order valence-corrected chi connectivity index (χ2v) is 3.73. The molecule has 78 valence electrons. The first-order chi connectivity index (χ1) is 7.13. The van der Waals surface area contributed by atoms with Crippen molar-refractivity contribution < 1.29 is 4.74 Å². The second-order valence-electron chi connectivity index (χ2n) is 3.32. The smallest absolute Gasteiger partial charge is 0.144 e. The predicted molar refractivity (Wildman–Crippen MR) is 62.5 cm³/mol. The zero-order chi connectivity index (χ0) is 11.0. The molecule has 2 rings (SSSR count). The van der Waals surface area contributed by atoms with Gasteiger partial charge in [-0.05, 0) is 25.1 Å². The summed E-state index contributed by atoms with van der Waals surface area (Å²) in [6, 6.07) is 5.47. The molecule has 0 aliphatic carbocycles. The molecule has 0 saturated heterocycles. The summed E-state index contributed by atoms with van der Waals surface area (Å²) in [6.45, 7) is 1.88. The number of aryl methyl sites for hydroxylation is 1. The number of fused-ring (bicyclic) bond motifs is 1. The van der Waals surface area contributed by atoms with Crippen LogP contribution in [0, 0.1) is 6.92 Å². The maximum Gasteiger partial charge on any atom is 0.144 e. The molecule has 0 radical (unpaired) electrons. The molecule has 0 bridgehead atoms. The second kappa shape index (κ2) is 3.59. The van der Waals surface area contributed by atoms with Crippen LogP contribution in [0.4, 0.5) is 5.69 Å². The van der Waals surface area contributed by atoms with Crippen LogP contribution in [-0.2, 0) is 0 Å². The van der Waals surface area contributed by atoms with Gasteiger partial charge in [0.25, 0.3) is 0 Å². The van der Waals surface area contributed by atoms with Crippen LogP contribution in [0.2, 0.25) is 5.02 Å². The highest BCUT2D eigenvalue weighted by Gasteiger charge is 2.09. The highest BCUT2D eigenvalue weighted by atomic mass is 35.5. The Labute approximate surface area is 92.8 Å². The monoisotopic (exact) mass is 222 g/mol. The van der Waals surface area contributed by atoms with Crippen molar-refractivity contribution in [3.8, 4) is 5.75 Å². The molecule has 15 heavy (non-hydrogen) atoms. The molecular weight excluding hydrogens is 212 g/mol. The third-order valence-corrected chi connectivity index (χ3v) is 2.59. The first kappa shape index (κ1) is 10.1. The van der Waals surface area contributed by atoms with Crippen LogP contribution in [0.1, 0.15) is 5.69 Å². The molecule has 3 nitrogen and oxygen atoms in total. The summed E-state index contributed by atoms with van der Waals surface area (Å²) in [4.78, 5) is 4.36. The third-order valence-electron chi connectivity index (χ3n) is 2.28. The lowest BCUT2D eigenvalue weighted by Crippen LogP contribution is -1.96. The summed E-state index contributed by atoms with van der Waals surface area (Å²) >= 11 is 6.09. The standard InChI is InChI=1S/C11H11ClN2O/c1-6-5-8(12)7-3-4-9(15-2)10(13)11(7)14-6/h3-5H,13H2,1-2H3. The molecule has 1 heterocycles. The summed E-state index contributed by atoms with van der Waals surface area (Å²) in [6.07, 6.45) is 0. The van der Waals surface area contributed by atoms with E-state index in [9.17, 15) is 0 Å². The predicted octanol–water partition coefficient (Wildman–Crippen LogP) is 2.79. The molecule has 0 aliphatic heterocycles. The molecular formula is C11H11ClN2O. The number of aromatic nitrogens is 1. The van der Waals surface area contributed by atoms with Crippen LogP contribution in [0.15, 0.2) is 18.2 Å². The zero-order valence-corrected chi connectivity index (χ0v) is 9.30. The minimum Gasteiger partial charge on any atom is -0.495 e. The maximum absolute atomic E-state index is 6.09. The number of anilines is 1. The van der Waals surface area contributed by atoms with Crippen molar-refractivity contribution in [2.24, 2.45) is 0 Å². The number of rotatable bonds is 1. The Hall–Kier alpha value is -1.48. The van der Waals surface area contributed by atoms with Gasteiger partial charge in [-0.25, -0.2) is 0 Å². The Bertz CT molecular complexity index is 525. The quantitative estimate of drug-likeness (QED) is 0.755. The lowest BCUT2D eigenvalue weighted by molar-refractivity contribution is 0.417. The van der Waals surface area contributed by atoms with Gasteiger partial charge in [0.1, 0.15) is 11.4 Å². The maximum atomic E-state index is 6.09. The zero-order valence-electron chi connectivity index (χ0n) is 8.54. The fraction of sp³-hybridized carbons (Fsp3) is 0.182. The van der Waals surface area contributed by atoms with E-state index < -0.39 is 0 Å². The van der Waals surface area contributed by atoms with Gasteiger partial charge in [-0.1, -0.05) is 11.6 Å². The molecule has 0 unspecified atom stereocenters. The van der Waals surface area contributed by atoms with E-state index in [1.807, 2.05) is 19.1 Å². The van der Waals surface area contributed by atoms with Gasteiger partial charge in [0.15, 0.2) is 0 Å². The van der Waals surface area contributed by atoms with Gasteiger partial charge >= 0.3 is 0 Å². The number of hydrogen-bond acceptors (Lipinski definition) is 3. The van der Waals surface area contributed by atoms with E-state index in [-0.39, 0.29) is 0 Å². The average Bonchev–Trinajstić information content (AvgIpc) is 2.19. The lowest BCUT2D eigenvalue weighted by Gasteiger charge is -2.08. The number of benzene rings is 1. The first-order valence-corrected chi connectivity index (χ1v) is 4.90. The van der Waals surface area contributed by atoms with Crippen molar-refractivity contribution in [3.63, 3.8) is 0 Å². The topological polar surface area (TPSA) is 48.1 Å². The van der Waals surface area contributed by atoms with E-state index in [1.54, 1.807) is 13.2 Å². The van der Waals surface area contributed by atoms with Crippen molar-refractivity contribution >= 4 is 28.2 Å². The molecule has 0 spiro atoms. The van der Waals surface area contributed by atoms with E-state index in [0.717, 1.165) is 11.1 Å². The summed E-state index contributed by atoms with van der Waals surface area (Å²) in [5, 5.41) is 1.51. The summed E-state index contributed by atoms with van der Waals surface area (Å²) in [5.74, 6) is 0.622. The summed E-state index contributed by atoms with van der Waals surface area (Å²) in [7, 11) is 1.58. The number of methoxy groups -OCH3 is 1. The number of hydrogen-bond donors (Lipinski definition) is 1. The molecule has 0 atom stereocenters. The molecule has 4 heteroatoms. The largest absolute Gasteiger partial charge is 0.495 e. The Morgan fingerprint density at radius 1 is 1.40 bits per heavy atom. The van der Waals surface area contributed by atoms with Crippen LogP contribution in [0.5, 0.6) is 5.75 Å². The molecule has 0 saturated carbocycles. The number of ether oxygens (including phenoxy) is 1. The minimum atomic E-state index is 0.528. The number of pyridine rings is 1. The molecule has 1 aromatic carbocycles. The van der Waals surface area contributed by atoms with Crippen molar-refractivity contribution in [1.29, 1.82) is 0 Å². The number of halogens is 1. The normalized spacial score (nSPS) is 10.6. The minimum absolute atomic E-state index is 0.528. The molecule has 0 aliphatic rings. The Balaban J connectivity index is 2.86. The van der Waals surface area contributed by atoms with Crippen LogP contribution >= 0.6 is 11.6 Å². The lowest BCUT2D eigenvalue weighted by atomic mass is 10.1. The SMILES string of the molecule is COc1ccc2c(Cl)cc(C)nc2c1N. The highest BCUT2D eigenvalue weighted by Crippen LogP contribution is 2.32. The fourth-order valence-corrected chi connectivity index (χ4v) is 1.86. The Morgan fingerprint density at radius 3 is 2.80 bits per heavy atom. The van der Waals surface area contributed by atoms with Gasteiger partial charge in [-0.2, -0.15) is 0 Å². The number of nitrogens with zero attached hydrogens (tertiary/aromatic N) is 1. The van der Waals surface area contributed by atoms with E-state index in [2.05, 4.69) is 4.98 Å². The van der Waals surface area contributed by atoms with Crippen molar-refractivity contribution in [2.45, 2.75) is 6.92 Å². The van der Waals surface area contributed by atoms with Crippen molar-refractivity contribution in [1.82, 2.24) is 4.98 Å². The van der Waals surface area contributed by atoms with Crippen LogP contribution < -0.4 is 10.5 Å². The van der Waals surface area contributed by atoms with Crippen LogP contribution in [0.3, 0.4) is 0 Å². The van der Waals surface area contributed by atoms with Gasteiger partial charge in [-0.3, -0.25) is 4.98 Å². The van der Waals surface area contributed by atoms with E-state index >= 15 is 0 Å². The molecule has 1 aromatic heterocycles. The van der Waals surface area contributed by atoms with E-state index in [4.69, 9.17) is 22.1 Å². The summed E-state index contributed by atoms with van der Waals surface area (Å²) < 4.78 is 5.12.